The van der Waals surface area contributed by atoms with E-state index in [2.05, 4.69) is 15.9 Å². The van der Waals surface area contributed by atoms with E-state index in [4.69, 9.17) is 0 Å². The van der Waals surface area contributed by atoms with Crippen molar-refractivity contribution in [3.05, 3.63) is 15.4 Å². The van der Waals surface area contributed by atoms with E-state index < -0.39 is 10.0 Å². The molecule has 0 saturated carbocycles. The molecule has 1 aliphatic heterocycles. The Morgan fingerprint density at radius 1 is 1.61 bits per heavy atom. The van der Waals surface area contributed by atoms with E-state index in [1.54, 1.807) is 6.07 Å². The van der Waals surface area contributed by atoms with Gasteiger partial charge < -0.3 is 5.11 Å². The molecule has 1 aromatic heterocycles. The Kier molecular flexibility index (Phi) is 4.18. The number of halogens is 1. The second-order valence-corrected chi connectivity index (χ2v) is 9.14. The van der Waals surface area contributed by atoms with Crippen LogP contribution >= 0.6 is 27.3 Å². The topological polar surface area (TPSA) is 57.6 Å². The van der Waals surface area contributed by atoms with Gasteiger partial charge in [0, 0.05) is 6.54 Å². The van der Waals surface area contributed by atoms with E-state index in [1.165, 1.54) is 15.6 Å². The number of aryl methyl sites for hydroxylation is 1. The number of rotatable bonds is 3. The van der Waals surface area contributed by atoms with Crippen molar-refractivity contribution >= 4 is 37.3 Å². The summed E-state index contributed by atoms with van der Waals surface area (Å²) in [5, 5.41) is 9.36. The van der Waals surface area contributed by atoms with Crippen LogP contribution in [0.2, 0.25) is 0 Å². The summed E-state index contributed by atoms with van der Waals surface area (Å²) in [6, 6.07) is 1.39. The van der Waals surface area contributed by atoms with Crippen LogP contribution in [0, 0.1) is 12.8 Å². The molecule has 1 aliphatic rings. The largest absolute Gasteiger partial charge is 0.395 e. The van der Waals surface area contributed by atoms with Crippen LogP contribution in [0.3, 0.4) is 0 Å². The van der Waals surface area contributed by atoms with Crippen molar-refractivity contribution in [2.75, 3.05) is 13.2 Å². The number of thiophene rings is 1. The Labute approximate surface area is 120 Å². The summed E-state index contributed by atoms with van der Waals surface area (Å²) in [5.74, 6) is 0.203. The van der Waals surface area contributed by atoms with Crippen molar-refractivity contribution in [3.63, 3.8) is 0 Å². The minimum atomic E-state index is -3.47. The molecule has 0 spiro atoms. The summed E-state index contributed by atoms with van der Waals surface area (Å²) >= 11 is 4.57. The first kappa shape index (κ1) is 14.5. The van der Waals surface area contributed by atoms with Gasteiger partial charge in [-0.2, -0.15) is 4.31 Å². The molecule has 1 aromatic rings. The highest BCUT2D eigenvalue weighted by Gasteiger charge is 2.39. The molecular formula is C11H16BrNO3S2. The first-order valence-corrected chi connectivity index (χ1v) is 8.81. The van der Waals surface area contributed by atoms with Gasteiger partial charge in [-0.1, -0.05) is 6.92 Å². The van der Waals surface area contributed by atoms with Gasteiger partial charge in [-0.3, -0.25) is 0 Å². The third-order valence-electron chi connectivity index (χ3n) is 3.42. The first-order valence-electron chi connectivity index (χ1n) is 5.76. The number of sulfonamides is 1. The third kappa shape index (κ3) is 2.38. The first-order chi connectivity index (χ1) is 8.37. The quantitative estimate of drug-likeness (QED) is 0.906. The minimum absolute atomic E-state index is 0.119. The maximum Gasteiger partial charge on any atom is 0.252 e. The lowest BCUT2D eigenvalue weighted by Crippen LogP contribution is -2.39. The second kappa shape index (κ2) is 5.20. The van der Waals surface area contributed by atoms with Gasteiger partial charge in [0.2, 0.25) is 0 Å². The SMILES string of the molecule is Cc1cc(S(=O)(=O)N2CCC(C)C2CO)sc1Br. The molecule has 0 aliphatic carbocycles. The normalized spacial score (nSPS) is 25.8. The maximum atomic E-state index is 12.5. The minimum Gasteiger partial charge on any atom is -0.395 e. The zero-order valence-electron chi connectivity index (χ0n) is 10.3. The van der Waals surface area contributed by atoms with E-state index >= 15 is 0 Å². The number of aliphatic hydroxyl groups excluding tert-OH is 1. The van der Waals surface area contributed by atoms with Gasteiger partial charge in [-0.05, 0) is 46.8 Å². The number of aliphatic hydroxyl groups is 1. The molecule has 18 heavy (non-hydrogen) atoms. The fraction of sp³-hybridized carbons (Fsp3) is 0.636. The fourth-order valence-electron chi connectivity index (χ4n) is 2.22. The van der Waals surface area contributed by atoms with Crippen LogP contribution in [0.25, 0.3) is 0 Å². The van der Waals surface area contributed by atoms with Crippen LogP contribution < -0.4 is 0 Å². The molecule has 0 amide bonds. The molecule has 2 atom stereocenters. The Hall–Kier alpha value is 0.0500. The van der Waals surface area contributed by atoms with Crippen molar-refractivity contribution in [1.29, 1.82) is 0 Å². The van der Waals surface area contributed by atoms with Gasteiger partial charge in [0.15, 0.2) is 0 Å². The van der Waals surface area contributed by atoms with Gasteiger partial charge in [-0.15, -0.1) is 11.3 Å². The Morgan fingerprint density at radius 2 is 2.28 bits per heavy atom. The van der Waals surface area contributed by atoms with Crippen LogP contribution in [0.1, 0.15) is 18.9 Å². The Bertz CT molecular complexity index is 521. The predicted octanol–water partition coefficient (Wildman–Crippen LogP) is 2.21. The number of nitrogens with zero attached hydrogens (tertiary/aromatic N) is 1. The van der Waals surface area contributed by atoms with Gasteiger partial charge in [0.25, 0.3) is 10.0 Å². The Morgan fingerprint density at radius 3 is 2.78 bits per heavy atom. The fourth-order valence-corrected chi connectivity index (χ4v) is 6.30. The van der Waals surface area contributed by atoms with Gasteiger partial charge >= 0.3 is 0 Å². The van der Waals surface area contributed by atoms with Gasteiger partial charge in [0.1, 0.15) is 4.21 Å². The highest BCUT2D eigenvalue weighted by Crippen LogP contribution is 2.36. The molecule has 4 nitrogen and oxygen atoms in total. The van der Waals surface area contributed by atoms with Crippen LogP contribution in [0.15, 0.2) is 14.1 Å². The monoisotopic (exact) mass is 353 g/mol. The van der Waals surface area contributed by atoms with E-state index in [0.29, 0.717) is 10.8 Å². The summed E-state index contributed by atoms with van der Waals surface area (Å²) in [6.07, 6.45) is 0.802. The lowest BCUT2D eigenvalue weighted by Gasteiger charge is -2.23. The van der Waals surface area contributed by atoms with Crippen molar-refractivity contribution in [2.24, 2.45) is 5.92 Å². The smallest absolute Gasteiger partial charge is 0.252 e. The molecule has 2 unspecified atom stereocenters. The summed E-state index contributed by atoms with van der Waals surface area (Å²) in [4.78, 5) is 0. The average Bonchev–Trinajstić information content (AvgIpc) is 2.84. The van der Waals surface area contributed by atoms with Crippen molar-refractivity contribution in [3.8, 4) is 0 Å². The molecule has 0 aromatic carbocycles. The van der Waals surface area contributed by atoms with E-state index in [1.807, 2.05) is 13.8 Å². The molecule has 2 heterocycles. The Balaban J connectivity index is 2.37. The van der Waals surface area contributed by atoms with E-state index in [0.717, 1.165) is 15.8 Å². The van der Waals surface area contributed by atoms with Crippen LogP contribution in [-0.2, 0) is 10.0 Å². The highest BCUT2D eigenvalue weighted by atomic mass is 79.9. The average molecular weight is 354 g/mol. The lowest BCUT2D eigenvalue weighted by atomic mass is 10.0. The third-order valence-corrected chi connectivity index (χ3v) is 7.93. The zero-order valence-corrected chi connectivity index (χ0v) is 13.5. The van der Waals surface area contributed by atoms with E-state index in [9.17, 15) is 13.5 Å². The molecule has 0 bridgehead atoms. The van der Waals surface area contributed by atoms with E-state index in [-0.39, 0.29) is 18.6 Å². The van der Waals surface area contributed by atoms with Crippen LogP contribution in [0.5, 0.6) is 0 Å². The molecular weight excluding hydrogens is 338 g/mol. The number of hydrogen-bond acceptors (Lipinski definition) is 4. The zero-order chi connectivity index (χ0) is 13.5. The van der Waals surface area contributed by atoms with Crippen molar-refractivity contribution < 1.29 is 13.5 Å². The second-order valence-electron chi connectivity index (χ2n) is 4.65. The van der Waals surface area contributed by atoms with Gasteiger partial charge in [0.05, 0.1) is 16.4 Å². The summed E-state index contributed by atoms with van der Waals surface area (Å²) in [6.45, 7) is 4.22. The maximum absolute atomic E-state index is 12.5. The molecule has 102 valence electrons. The highest BCUT2D eigenvalue weighted by molar-refractivity contribution is 9.11. The van der Waals surface area contributed by atoms with Crippen molar-refractivity contribution in [2.45, 2.75) is 30.5 Å². The standard InChI is InChI=1S/C11H16BrNO3S2/c1-7-3-4-13(9(7)6-14)18(15,16)10-5-8(2)11(12)17-10/h5,7,9,14H,3-4,6H2,1-2H3. The predicted molar refractivity (Wildman–Crippen MR) is 75.3 cm³/mol. The summed E-state index contributed by atoms with van der Waals surface area (Å²) in [7, 11) is -3.47. The molecule has 2 rings (SSSR count). The summed E-state index contributed by atoms with van der Waals surface area (Å²) < 4.78 is 27.7. The lowest BCUT2D eigenvalue weighted by molar-refractivity contribution is 0.191. The van der Waals surface area contributed by atoms with Crippen molar-refractivity contribution in [1.82, 2.24) is 4.31 Å². The van der Waals surface area contributed by atoms with Gasteiger partial charge in [-0.25, -0.2) is 8.42 Å². The van der Waals surface area contributed by atoms with Crippen LogP contribution in [-0.4, -0.2) is 37.0 Å². The molecule has 0 radical (unpaired) electrons. The molecule has 1 saturated heterocycles. The molecule has 7 heteroatoms. The van der Waals surface area contributed by atoms with Crippen LogP contribution in [0.4, 0.5) is 0 Å². The summed E-state index contributed by atoms with van der Waals surface area (Å²) in [5.41, 5.74) is 0.923. The number of hydrogen-bond donors (Lipinski definition) is 1. The molecule has 1 N–H and O–H groups in total. The molecule has 1 fully saturated rings.